The van der Waals surface area contributed by atoms with Crippen LogP contribution in [0.25, 0.3) is 0 Å². The lowest BCUT2D eigenvalue weighted by Crippen LogP contribution is -2.57. The summed E-state index contributed by atoms with van der Waals surface area (Å²) in [5.41, 5.74) is 2.33. The topological polar surface area (TPSA) is 41.5 Å². The van der Waals surface area contributed by atoms with Crippen molar-refractivity contribution in [3.05, 3.63) is 11.6 Å². The summed E-state index contributed by atoms with van der Waals surface area (Å²) in [6, 6.07) is 0. The summed E-state index contributed by atoms with van der Waals surface area (Å²) in [7, 11) is 0. The summed E-state index contributed by atoms with van der Waals surface area (Å²) >= 11 is 0. The molecule has 4 aliphatic carbocycles. The van der Waals surface area contributed by atoms with Crippen molar-refractivity contribution < 1.29 is 9.84 Å². The van der Waals surface area contributed by atoms with Crippen molar-refractivity contribution in [2.75, 3.05) is 6.54 Å². The Bertz CT molecular complexity index is 739. The van der Waals surface area contributed by atoms with E-state index < -0.39 is 0 Å². The molecule has 0 bridgehead atoms. The summed E-state index contributed by atoms with van der Waals surface area (Å²) in [4.78, 5) is 0. The molecule has 2 heterocycles. The second kappa shape index (κ2) is 6.58. The van der Waals surface area contributed by atoms with Gasteiger partial charge in [-0.25, -0.2) is 0 Å². The second-order valence-electron chi connectivity index (χ2n) is 12.8. The highest BCUT2D eigenvalue weighted by atomic mass is 16.5. The van der Waals surface area contributed by atoms with Gasteiger partial charge in [-0.15, -0.1) is 0 Å². The van der Waals surface area contributed by atoms with Gasteiger partial charge in [-0.2, -0.15) is 0 Å². The number of aliphatic hydroxyl groups is 1. The quantitative estimate of drug-likeness (QED) is 0.530. The van der Waals surface area contributed by atoms with Gasteiger partial charge >= 0.3 is 0 Å². The number of ether oxygens (including phenoxy) is 1. The maximum atomic E-state index is 10.3. The number of piperidine rings is 1. The molecule has 0 amide bonds. The van der Waals surface area contributed by atoms with Gasteiger partial charge in [0.15, 0.2) is 0 Å². The molecule has 3 nitrogen and oxygen atoms in total. The number of hydrogen-bond donors (Lipinski definition) is 2. The van der Waals surface area contributed by atoms with Crippen molar-refractivity contribution in [3.63, 3.8) is 0 Å². The van der Waals surface area contributed by atoms with E-state index in [0.717, 1.165) is 49.0 Å². The lowest BCUT2D eigenvalue weighted by atomic mass is 9.47. The Morgan fingerprint density at radius 2 is 1.90 bits per heavy atom. The summed E-state index contributed by atoms with van der Waals surface area (Å²) < 4.78 is 7.00. The number of allylic oxidation sites excluding steroid dienone is 1. The molecule has 0 aromatic heterocycles. The molecule has 0 aromatic carbocycles. The molecule has 4 unspecified atom stereocenters. The minimum Gasteiger partial charge on any atom is -0.393 e. The van der Waals surface area contributed by atoms with E-state index in [2.05, 4.69) is 39.1 Å². The average Bonchev–Trinajstić information content (AvgIpc) is 3.16. The van der Waals surface area contributed by atoms with Gasteiger partial charge in [0.2, 0.25) is 0 Å². The van der Waals surface area contributed by atoms with Crippen LogP contribution in [0.5, 0.6) is 0 Å². The Morgan fingerprint density at radius 3 is 2.67 bits per heavy atom. The molecule has 168 valence electrons. The molecule has 6 rings (SSSR count). The van der Waals surface area contributed by atoms with Gasteiger partial charge in [0.1, 0.15) is 5.72 Å². The molecule has 3 heteroatoms. The van der Waals surface area contributed by atoms with Crippen LogP contribution in [0.3, 0.4) is 0 Å². The number of nitrogens with one attached hydrogen (secondary N) is 1. The molecule has 6 aliphatic rings. The molecule has 1 spiro atoms. The van der Waals surface area contributed by atoms with Gasteiger partial charge < -0.3 is 9.84 Å². The van der Waals surface area contributed by atoms with E-state index in [0.29, 0.717) is 22.9 Å². The van der Waals surface area contributed by atoms with E-state index in [-0.39, 0.29) is 11.8 Å². The highest BCUT2D eigenvalue weighted by Crippen LogP contribution is 2.70. The predicted octanol–water partition coefficient (Wildman–Crippen LogP) is 5.29. The molecule has 3 saturated carbocycles. The number of hydrogen-bond acceptors (Lipinski definition) is 3. The first kappa shape index (κ1) is 20.2. The molecule has 0 radical (unpaired) electrons. The van der Waals surface area contributed by atoms with Gasteiger partial charge in [-0.1, -0.05) is 39.3 Å². The van der Waals surface area contributed by atoms with Gasteiger partial charge in [0.05, 0.1) is 12.2 Å². The zero-order valence-corrected chi connectivity index (χ0v) is 19.6. The summed E-state index contributed by atoms with van der Waals surface area (Å²) in [5, 5.41) is 14.1. The molecule has 2 N–H and O–H groups in total. The van der Waals surface area contributed by atoms with Crippen LogP contribution in [-0.2, 0) is 4.74 Å². The molecule has 0 aromatic rings. The zero-order chi connectivity index (χ0) is 20.9. The number of rotatable bonds is 0. The molecular formula is C27H43NO2. The number of aliphatic hydroxyl groups excluding tert-OH is 1. The maximum Gasteiger partial charge on any atom is 0.122 e. The third-order valence-corrected chi connectivity index (χ3v) is 11.6. The van der Waals surface area contributed by atoms with Crippen LogP contribution in [-0.4, -0.2) is 29.6 Å². The van der Waals surface area contributed by atoms with Crippen molar-refractivity contribution in [2.45, 2.75) is 103 Å². The normalized spacial score (nSPS) is 59.8. The Balaban J connectivity index is 1.28. The van der Waals surface area contributed by atoms with E-state index in [1.54, 1.807) is 5.57 Å². The fourth-order valence-electron chi connectivity index (χ4n) is 9.84. The standard InChI is InChI=1S/C27H43NO2/c1-16-7-12-27(28-15-16)17(2)24-23(30-27)14-22-20-6-5-18-13-19(29)8-10-25(18,3)21(20)9-11-26(22,24)4/h5,16-17,19-24,28-29H,6-15H2,1-4H3/t16-,17?,19+,20?,21?,22+,23+,24?,25+,26+,27-/m1/s1. The Kier molecular flexibility index (Phi) is 4.44. The monoisotopic (exact) mass is 413 g/mol. The van der Waals surface area contributed by atoms with Crippen LogP contribution in [0, 0.1) is 46.3 Å². The highest BCUT2D eigenvalue weighted by Gasteiger charge is 2.68. The fraction of sp³-hybridized carbons (Fsp3) is 0.926. The summed E-state index contributed by atoms with van der Waals surface area (Å²) in [6.45, 7) is 11.2. The molecule has 30 heavy (non-hydrogen) atoms. The highest BCUT2D eigenvalue weighted by molar-refractivity contribution is 5.26. The van der Waals surface area contributed by atoms with Crippen LogP contribution in [0.2, 0.25) is 0 Å². The van der Waals surface area contributed by atoms with Gasteiger partial charge in [0.25, 0.3) is 0 Å². The first-order chi connectivity index (χ1) is 14.3. The Morgan fingerprint density at radius 1 is 1.07 bits per heavy atom. The minimum atomic E-state index is -0.100. The van der Waals surface area contributed by atoms with E-state index in [1.807, 2.05) is 0 Å². The Hall–Kier alpha value is -0.380. The lowest BCUT2D eigenvalue weighted by molar-refractivity contribution is -0.115. The second-order valence-corrected chi connectivity index (χ2v) is 12.8. The Labute approximate surface area is 183 Å². The van der Waals surface area contributed by atoms with Gasteiger partial charge in [-0.05, 0) is 98.2 Å². The summed E-state index contributed by atoms with van der Waals surface area (Å²) in [5.74, 6) is 4.58. The maximum absolute atomic E-state index is 10.3. The molecule has 2 saturated heterocycles. The van der Waals surface area contributed by atoms with Crippen molar-refractivity contribution in [2.24, 2.45) is 46.3 Å². The van der Waals surface area contributed by atoms with E-state index in [4.69, 9.17) is 4.74 Å². The SMILES string of the molecule is CC1C2[C@H](C[C@H]3C4CC=C5C[C@@H](O)CC[C@]5(C)C4CC[C@]23C)O[C@]12CC[C@@H](C)CN2. The van der Waals surface area contributed by atoms with Gasteiger partial charge in [0, 0.05) is 12.5 Å². The smallest absolute Gasteiger partial charge is 0.122 e. The lowest BCUT2D eigenvalue weighted by Gasteiger charge is -2.58. The first-order valence-corrected chi connectivity index (χ1v) is 13.1. The van der Waals surface area contributed by atoms with Crippen molar-refractivity contribution >= 4 is 0 Å². The van der Waals surface area contributed by atoms with Crippen LogP contribution < -0.4 is 5.32 Å². The van der Waals surface area contributed by atoms with E-state index >= 15 is 0 Å². The predicted molar refractivity (Wildman–Crippen MR) is 120 cm³/mol. The van der Waals surface area contributed by atoms with E-state index in [1.165, 1.54) is 44.9 Å². The third kappa shape index (κ3) is 2.55. The van der Waals surface area contributed by atoms with Crippen LogP contribution in [0.1, 0.15) is 85.5 Å². The zero-order valence-electron chi connectivity index (χ0n) is 19.6. The van der Waals surface area contributed by atoms with Gasteiger partial charge in [-0.3, -0.25) is 5.32 Å². The molecule has 11 atom stereocenters. The van der Waals surface area contributed by atoms with Crippen LogP contribution in [0.15, 0.2) is 11.6 Å². The molecule has 5 fully saturated rings. The molecule has 2 aliphatic heterocycles. The average molecular weight is 414 g/mol. The third-order valence-electron chi connectivity index (χ3n) is 11.6. The van der Waals surface area contributed by atoms with Crippen LogP contribution >= 0.6 is 0 Å². The summed E-state index contributed by atoms with van der Waals surface area (Å²) in [6.07, 6.45) is 13.8. The number of fused-ring (bicyclic) bond motifs is 7. The van der Waals surface area contributed by atoms with Crippen LogP contribution in [0.4, 0.5) is 0 Å². The van der Waals surface area contributed by atoms with Crippen molar-refractivity contribution in [1.29, 1.82) is 0 Å². The minimum absolute atomic E-state index is 0.0439. The largest absolute Gasteiger partial charge is 0.393 e. The van der Waals surface area contributed by atoms with Crippen molar-refractivity contribution in [1.82, 2.24) is 5.32 Å². The van der Waals surface area contributed by atoms with Crippen molar-refractivity contribution in [3.8, 4) is 0 Å². The molecular weight excluding hydrogens is 370 g/mol. The fourth-order valence-corrected chi connectivity index (χ4v) is 9.84. The van der Waals surface area contributed by atoms with E-state index in [9.17, 15) is 5.11 Å². The first-order valence-electron chi connectivity index (χ1n) is 13.1.